The van der Waals surface area contributed by atoms with Crippen LogP contribution in [0.2, 0.25) is 5.02 Å². The average molecular weight is 211 g/mol. The molecule has 1 heterocycles. The molecule has 2 aromatic rings. The Hall–Kier alpha value is -1.06. The standard InChI is InChI=1S/C10H11ClN2O/c1-2-14-6-9-12-8-5-3-4-7(11)10(8)13-9/h3-5H,2,6H2,1H3,(H,12,13). The fraction of sp³-hybridized carbons (Fsp3) is 0.300. The van der Waals surface area contributed by atoms with Crippen LogP contribution < -0.4 is 0 Å². The van der Waals surface area contributed by atoms with Gasteiger partial charge < -0.3 is 9.72 Å². The van der Waals surface area contributed by atoms with Crippen LogP contribution in [0.3, 0.4) is 0 Å². The summed E-state index contributed by atoms with van der Waals surface area (Å²) in [6, 6.07) is 5.67. The molecular weight excluding hydrogens is 200 g/mol. The number of hydrogen-bond donors (Lipinski definition) is 1. The Kier molecular flexibility index (Phi) is 2.70. The summed E-state index contributed by atoms with van der Waals surface area (Å²) < 4.78 is 5.25. The van der Waals surface area contributed by atoms with E-state index in [1.807, 2.05) is 25.1 Å². The maximum absolute atomic E-state index is 5.98. The van der Waals surface area contributed by atoms with Gasteiger partial charge in [0, 0.05) is 6.61 Å². The van der Waals surface area contributed by atoms with Gasteiger partial charge in [0.15, 0.2) is 0 Å². The molecule has 0 bridgehead atoms. The number of nitrogens with one attached hydrogen (secondary N) is 1. The molecule has 0 aliphatic rings. The number of benzene rings is 1. The maximum Gasteiger partial charge on any atom is 0.133 e. The number of aromatic nitrogens is 2. The van der Waals surface area contributed by atoms with Crippen molar-refractivity contribution in [3.8, 4) is 0 Å². The zero-order chi connectivity index (χ0) is 9.97. The molecule has 0 saturated heterocycles. The van der Waals surface area contributed by atoms with Crippen molar-refractivity contribution in [1.29, 1.82) is 0 Å². The zero-order valence-corrected chi connectivity index (χ0v) is 8.64. The molecule has 1 aromatic heterocycles. The molecule has 1 aromatic carbocycles. The Morgan fingerprint density at radius 2 is 2.36 bits per heavy atom. The van der Waals surface area contributed by atoms with Crippen molar-refractivity contribution in [2.45, 2.75) is 13.5 Å². The van der Waals surface area contributed by atoms with E-state index in [0.717, 1.165) is 16.9 Å². The molecule has 0 saturated carbocycles. The van der Waals surface area contributed by atoms with E-state index in [9.17, 15) is 0 Å². The first-order valence-electron chi connectivity index (χ1n) is 4.52. The van der Waals surface area contributed by atoms with Crippen molar-refractivity contribution in [2.75, 3.05) is 6.61 Å². The third-order valence-electron chi connectivity index (χ3n) is 1.96. The highest BCUT2D eigenvalue weighted by Gasteiger charge is 2.04. The second-order valence-corrected chi connectivity index (χ2v) is 3.36. The first kappa shape index (κ1) is 9.49. The van der Waals surface area contributed by atoms with Crippen LogP contribution in [0.15, 0.2) is 18.2 Å². The van der Waals surface area contributed by atoms with E-state index in [1.165, 1.54) is 0 Å². The molecule has 74 valence electrons. The molecule has 0 fully saturated rings. The Balaban J connectivity index is 2.36. The van der Waals surface area contributed by atoms with Crippen molar-refractivity contribution >= 4 is 22.6 Å². The summed E-state index contributed by atoms with van der Waals surface area (Å²) in [5.74, 6) is 0.815. The summed E-state index contributed by atoms with van der Waals surface area (Å²) in [5.41, 5.74) is 1.76. The molecule has 14 heavy (non-hydrogen) atoms. The van der Waals surface area contributed by atoms with Gasteiger partial charge in [0.05, 0.1) is 10.5 Å². The molecule has 0 spiro atoms. The zero-order valence-electron chi connectivity index (χ0n) is 7.88. The van der Waals surface area contributed by atoms with E-state index in [1.54, 1.807) is 0 Å². The lowest BCUT2D eigenvalue weighted by atomic mass is 10.3. The van der Waals surface area contributed by atoms with Gasteiger partial charge in [-0.15, -0.1) is 0 Å². The largest absolute Gasteiger partial charge is 0.374 e. The summed E-state index contributed by atoms with van der Waals surface area (Å²) in [6.45, 7) is 3.14. The van der Waals surface area contributed by atoms with Crippen LogP contribution >= 0.6 is 11.6 Å². The SMILES string of the molecule is CCOCc1nc2c(Cl)cccc2[nH]1. The van der Waals surface area contributed by atoms with E-state index in [0.29, 0.717) is 18.2 Å². The number of nitrogens with zero attached hydrogens (tertiary/aromatic N) is 1. The van der Waals surface area contributed by atoms with Crippen LogP contribution in [0.4, 0.5) is 0 Å². The van der Waals surface area contributed by atoms with Gasteiger partial charge in [-0.2, -0.15) is 0 Å². The topological polar surface area (TPSA) is 37.9 Å². The van der Waals surface area contributed by atoms with Gasteiger partial charge in [0.1, 0.15) is 17.9 Å². The number of halogens is 1. The van der Waals surface area contributed by atoms with Crippen LogP contribution in [-0.4, -0.2) is 16.6 Å². The van der Waals surface area contributed by atoms with Crippen molar-refractivity contribution in [3.63, 3.8) is 0 Å². The summed E-state index contributed by atoms with van der Waals surface area (Å²) >= 11 is 5.98. The lowest BCUT2D eigenvalue weighted by Crippen LogP contribution is -1.93. The Labute approximate surface area is 87.1 Å². The quantitative estimate of drug-likeness (QED) is 0.846. The predicted molar refractivity (Wildman–Crippen MR) is 56.4 cm³/mol. The smallest absolute Gasteiger partial charge is 0.133 e. The minimum Gasteiger partial charge on any atom is -0.374 e. The number of rotatable bonds is 3. The van der Waals surface area contributed by atoms with Crippen LogP contribution in [0.1, 0.15) is 12.7 Å². The lowest BCUT2D eigenvalue weighted by molar-refractivity contribution is 0.129. The number of hydrogen-bond acceptors (Lipinski definition) is 2. The number of H-pyrrole nitrogens is 1. The van der Waals surface area contributed by atoms with Crippen molar-refractivity contribution < 1.29 is 4.74 Å². The monoisotopic (exact) mass is 210 g/mol. The van der Waals surface area contributed by atoms with Gasteiger partial charge in [-0.25, -0.2) is 4.98 Å². The molecule has 2 rings (SSSR count). The highest BCUT2D eigenvalue weighted by molar-refractivity contribution is 6.34. The third kappa shape index (κ3) is 1.74. The number of para-hydroxylation sites is 1. The van der Waals surface area contributed by atoms with Gasteiger partial charge >= 0.3 is 0 Å². The van der Waals surface area contributed by atoms with Crippen LogP contribution in [0.5, 0.6) is 0 Å². The molecule has 0 atom stereocenters. The van der Waals surface area contributed by atoms with Crippen LogP contribution in [0.25, 0.3) is 11.0 Å². The van der Waals surface area contributed by atoms with Crippen LogP contribution in [-0.2, 0) is 11.3 Å². The van der Waals surface area contributed by atoms with Crippen LogP contribution in [0, 0.1) is 0 Å². The van der Waals surface area contributed by atoms with E-state index < -0.39 is 0 Å². The predicted octanol–water partition coefficient (Wildman–Crippen LogP) is 2.75. The summed E-state index contributed by atoms with van der Waals surface area (Å²) in [7, 11) is 0. The molecule has 4 heteroatoms. The summed E-state index contributed by atoms with van der Waals surface area (Å²) in [5, 5.41) is 0.668. The molecule has 0 radical (unpaired) electrons. The maximum atomic E-state index is 5.98. The van der Waals surface area contributed by atoms with Gasteiger partial charge in [-0.05, 0) is 19.1 Å². The second kappa shape index (κ2) is 3.98. The molecule has 3 nitrogen and oxygen atoms in total. The normalized spacial score (nSPS) is 11.0. The number of aromatic amines is 1. The third-order valence-corrected chi connectivity index (χ3v) is 2.26. The lowest BCUT2D eigenvalue weighted by Gasteiger charge is -1.94. The fourth-order valence-electron chi connectivity index (χ4n) is 1.32. The number of fused-ring (bicyclic) bond motifs is 1. The molecule has 0 unspecified atom stereocenters. The fourth-order valence-corrected chi connectivity index (χ4v) is 1.53. The molecule has 0 aliphatic carbocycles. The first-order chi connectivity index (χ1) is 6.81. The van der Waals surface area contributed by atoms with E-state index in [4.69, 9.17) is 16.3 Å². The van der Waals surface area contributed by atoms with Gasteiger partial charge in [0.25, 0.3) is 0 Å². The highest BCUT2D eigenvalue weighted by atomic mass is 35.5. The Bertz CT molecular complexity index is 439. The average Bonchev–Trinajstić information content (AvgIpc) is 2.59. The summed E-state index contributed by atoms with van der Waals surface area (Å²) in [6.07, 6.45) is 0. The number of imidazole rings is 1. The molecule has 1 N–H and O–H groups in total. The van der Waals surface area contributed by atoms with E-state index >= 15 is 0 Å². The van der Waals surface area contributed by atoms with Gasteiger partial charge in [-0.3, -0.25) is 0 Å². The van der Waals surface area contributed by atoms with Crippen molar-refractivity contribution in [1.82, 2.24) is 9.97 Å². The first-order valence-corrected chi connectivity index (χ1v) is 4.90. The van der Waals surface area contributed by atoms with Gasteiger partial charge in [0.2, 0.25) is 0 Å². The molecular formula is C10H11ClN2O. The highest BCUT2D eigenvalue weighted by Crippen LogP contribution is 2.20. The number of ether oxygens (including phenoxy) is 1. The molecule has 0 amide bonds. The van der Waals surface area contributed by atoms with Crippen molar-refractivity contribution in [2.24, 2.45) is 0 Å². The second-order valence-electron chi connectivity index (χ2n) is 2.96. The summed E-state index contributed by atoms with van der Waals surface area (Å²) in [4.78, 5) is 7.49. The van der Waals surface area contributed by atoms with Crippen molar-refractivity contribution in [3.05, 3.63) is 29.0 Å². The minimum absolute atomic E-state index is 0.501. The van der Waals surface area contributed by atoms with E-state index in [2.05, 4.69) is 9.97 Å². The Morgan fingerprint density at radius 3 is 3.07 bits per heavy atom. The van der Waals surface area contributed by atoms with Gasteiger partial charge in [-0.1, -0.05) is 17.7 Å². The molecule has 0 aliphatic heterocycles. The Morgan fingerprint density at radius 1 is 1.50 bits per heavy atom. The van der Waals surface area contributed by atoms with E-state index in [-0.39, 0.29) is 0 Å². The minimum atomic E-state index is 0.501.